The highest BCUT2D eigenvalue weighted by atomic mass is 19.3. The summed E-state index contributed by atoms with van der Waals surface area (Å²) in [5, 5.41) is 11.1. The van der Waals surface area contributed by atoms with Crippen molar-refractivity contribution in [1.82, 2.24) is 19.8 Å². The highest BCUT2D eigenvalue weighted by Gasteiger charge is 2.24. The minimum Gasteiger partial charge on any atom is -0.433 e. The van der Waals surface area contributed by atoms with Gasteiger partial charge in [0.2, 0.25) is 17.7 Å². The number of piperidine rings is 1. The van der Waals surface area contributed by atoms with Crippen LogP contribution in [0, 0.1) is 5.92 Å². The van der Waals surface area contributed by atoms with Gasteiger partial charge in [-0.05, 0) is 62.3 Å². The number of halogens is 3. The molecule has 268 valence electrons. The quantitative estimate of drug-likeness (QED) is 0.129. The molecule has 1 atom stereocenters. The number of amides is 3. The molecular weight excluding hydrogens is 641 g/mol. The topological polar surface area (TPSA) is 125 Å². The minimum atomic E-state index is -3.34. The molecule has 3 rings (SSSR count). The number of nitrogens with one attached hydrogen (secondary N) is 2. The van der Waals surface area contributed by atoms with Gasteiger partial charge in [-0.15, -0.1) is 0 Å². The Morgan fingerprint density at radius 3 is 2.55 bits per heavy atom. The van der Waals surface area contributed by atoms with Crippen LogP contribution in [0.1, 0.15) is 71.8 Å². The number of ether oxygens (including phenoxy) is 1. The lowest BCUT2D eigenvalue weighted by Crippen LogP contribution is -2.37. The van der Waals surface area contributed by atoms with Crippen LogP contribution in [0.15, 0.2) is 64.3 Å². The molecule has 0 radical (unpaired) electrons. The van der Waals surface area contributed by atoms with E-state index in [-0.39, 0.29) is 60.7 Å². The van der Waals surface area contributed by atoms with E-state index >= 15 is 4.39 Å². The van der Waals surface area contributed by atoms with Crippen LogP contribution >= 0.6 is 0 Å². The summed E-state index contributed by atoms with van der Waals surface area (Å²) in [7, 11) is 0. The van der Waals surface area contributed by atoms with Crippen LogP contribution in [0.25, 0.3) is 0 Å². The lowest BCUT2D eigenvalue weighted by molar-refractivity contribution is -0.159. The normalized spacial score (nSPS) is 14.8. The number of hydrogen-bond donors (Lipinski definition) is 2. The van der Waals surface area contributed by atoms with Crippen LogP contribution in [0.3, 0.4) is 0 Å². The smallest absolute Gasteiger partial charge is 0.394 e. The van der Waals surface area contributed by atoms with Gasteiger partial charge in [0.05, 0.1) is 6.54 Å². The Bertz CT molecular complexity index is 1530. The number of carbonyl (C=O) groups is 3. The molecule has 2 aromatic rings. The summed E-state index contributed by atoms with van der Waals surface area (Å²) in [6, 6.07) is 8.90. The van der Waals surface area contributed by atoms with Crippen molar-refractivity contribution in [2.75, 3.05) is 25.0 Å². The third kappa shape index (κ3) is 14.2. The molecule has 1 aliphatic heterocycles. The first-order valence-corrected chi connectivity index (χ1v) is 16.5. The number of unbranched alkanes of at least 4 members (excludes halogenated alkanes) is 1. The third-order valence-electron chi connectivity index (χ3n) is 7.88. The van der Waals surface area contributed by atoms with Gasteiger partial charge in [-0.25, -0.2) is 4.39 Å². The van der Waals surface area contributed by atoms with Gasteiger partial charge >= 0.3 is 6.11 Å². The average molecular weight is 689 g/mol. The summed E-state index contributed by atoms with van der Waals surface area (Å²) in [6.45, 7) is 6.95. The average Bonchev–Trinajstić information content (AvgIpc) is 3.02. The summed E-state index contributed by atoms with van der Waals surface area (Å²) < 4.78 is 47.5. The van der Waals surface area contributed by atoms with E-state index in [1.165, 1.54) is 47.1 Å². The van der Waals surface area contributed by atoms with E-state index in [9.17, 15) is 28.0 Å². The summed E-state index contributed by atoms with van der Waals surface area (Å²) in [4.78, 5) is 51.3. The molecule has 49 heavy (non-hydrogen) atoms. The molecule has 0 spiro atoms. The number of alkyl halides is 3. The zero-order valence-electron chi connectivity index (χ0n) is 28.6. The Labute approximate surface area is 285 Å². The van der Waals surface area contributed by atoms with Gasteiger partial charge in [-0.1, -0.05) is 25.5 Å². The first-order valence-electron chi connectivity index (χ1n) is 16.5. The Morgan fingerprint density at radius 1 is 1.16 bits per heavy atom. The first kappa shape index (κ1) is 38.8. The number of hydrazone groups is 1. The van der Waals surface area contributed by atoms with Crippen molar-refractivity contribution in [2.45, 2.75) is 91.6 Å². The fourth-order valence-corrected chi connectivity index (χ4v) is 5.22. The van der Waals surface area contributed by atoms with E-state index in [0.29, 0.717) is 44.1 Å². The number of carbonyl (C=O) groups excluding carboxylic acids is 3. The molecule has 1 aliphatic rings. The van der Waals surface area contributed by atoms with Crippen molar-refractivity contribution >= 4 is 29.6 Å². The number of aryl methyl sites for hydroxylation is 1. The maximum absolute atomic E-state index is 15.2. The molecule has 2 heterocycles. The molecule has 1 fully saturated rings. The minimum absolute atomic E-state index is 0.00132. The molecule has 14 heteroatoms. The summed E-state index contributed by atoms with van der Waals surface area (Å²) in [5.41, 5.74) is 0.787. The number of anilines is 1. The van der Waals surface area contributed by atoms with Gasteiger partial charge in [0.15, 0.2) is 0 Å². The van der Waals surface area contributed by atoms with Gasteiger partial charge in [-0.3, -0.25) is 24.2 Å². The predicted molar refractivity (Wildman–Crippen MR) is 182 cm³/mol. The van der Waals surface area contributed by atoms with Gasteiger partial charge in [-0.2, -0.15) is 13.9 Å². The highest BCUT2D eigenvalue weighted by Crippen LogP contribution is 2.23. The van der Waals surface area contributed by atoms with E-state index in [4.69, 9.17) is 0 Å². The Balaban J connectivity index is 1.52. The molecular formula is C35H47F3N6O5. The molecule has 0 saturated carbocycles. The van der Waals surface area contributed by atoms with Gasteiger partial charge in [0.1, 0.15) is 11.9 Å². The van der Waals surface area contributed by atoms with Crippen molar-refractivity contribution in [1.29, 1.82) is 0 Å². The number of likely N-dealkylation sites (tertiary alicyclic amines) is 1. The van der Waals surface area contributed by atoms with E-state index in [1.807, 2.05) is 6.92 Å². The van der Waals surface area contributed by atoms with E-state index in [1.54, 1.807) is 36.2 Å². The molecule has 3 amide bonds. The molecule has 1 aromatic heterocycles. The van der Waals surface area contributed by atoms with E-state index in [2.05, 4.69) is 20.5 Å². The first-order chi connectivity index (χ1) is 23.2. The number of nitrogens with zero attached hydrogens (tertiary/aromatic N) is 4. The Kier molecular flexibility index (Phi) is 14.9. The van der Waals surface area contributed by atoms with E-state index in [0.717, 1.165) is 19.3 Å². The monoisotopic (exact) mass is 688 g/mol. The van der Waals surface area contributed by atoms with Crippen LogP contribution in [-0.2, 0) is 27.5 Å². The number of aromatic nitrogens is 1. The number of pyridine rings is 1. The molecule has 0 bridgehead atoms. The lowest BCUT2D eigenvalue weighted by Gasteiger charge is -2.30. The van der Waals surface area contributed by atoms with Gasteiger partial charge < -0.3 is 24.8 Å². The molecule has 11 nitrogen and oxygen atoms in total. The highest BCUT2D eigenvalue weighted by molar-refractivity contribution is 5.92. The van der Waals surface area contributed by atoms with Crippen LogP contribution in [0.4, 0.5) is 18.9 Å². The SMILES string of the molecule is CCC/C=N/N(/C=C(\C)C(=O)NCc1cccc(OC(C)(F)F)c1)CC(F)CCn1ccc(NC(=O)CC2CCN(C(C)=O)CC2)cc1=O. The largest absolute Gasteiger partial charge is 0.433 e. The second kappa shape index (κ2) is 18.8. The van der Waals surface area contributed by atoms with Crippen LogP contribution in [0.5, 0.6) is 5.75 Å². The van der Waals surface area contributed by atoms with Crippen LogP contribution in [0.2, 0.25) is 0 Å². The van der Waals surface area contributed by atoms with Crippen LogP contribution in [-0.4, -0.2) is 70.3 Å². The van der Waals surface area contributed by atoms with Gasteiger partial charge in [0.25, 0.3) is 5.56 Å². The molecule has 1 saturated heterocycles. The maximum Gasteiger partial charge on any atom is 0.394 e. The predicted octanol–water partition coefficient (Wildman–Crippen LogP) is 5.46. The second-order valence-electron chi connectivity index (χ2n) is 12.3. The summed E-state index contributed by atoms with van der Waals surface area (Å²) in [5.74, 6) is -0.481. The van der Waals surface area contributed by atoms with Crippen molar-refractivity contribution in [3.63, 3.8) is 0 Å². The maximum atomic E-state index is 15.2. The lowest BCUT2D eigenvalue weighted by atomic mass is 9.93. The van der Waals surface area contributed by atoms with Crippen molar-refractivity contribution < 1.29 is 32.3 Å². The van der Waals surface area contributed by atoms with Crippen molar-refractivity contribution in [2.24, 2.45) is 11.0 Å². The number of benzene rings is 1. The number of rotatable bonds is 17. The fraction of sp³-hybridized carbons (Fsp3) is 0.514. The molecule has 2 N–H and O–H groups in total. The zero-order chi connectivity index (χ0) is 36.0. The van der Waals surface area contributed by atoms with Gasteiger partial charge in [0, 0.05) is 82.4 Å². The van der Waals surface area contributed by atoms with Crippen LogP contribution < -0.4 is 20.9 Å². The fourth-order valence-electron chi connectivity index (χ4n) is 5.22. The standard InChI is InChI=1S/C35H47F3N6O5/c1-5-6-14-40-44(23-25(2)34(48)39-22-28-8-7-9-31(19-28)49-35(4,37)38)24-29(36)12-17-43-18-13-30(21-33(43)47)41-32(46)20-27-10-15-42(16-11-27)26(3)45/h7-9,13-14,18-19,21,23,27,29H,5-6,10-12,15-17,20,22,24H2,1-4H3,(H,39,48)(H,41,46)/b25-23+,40-14+. The molecule has 1 aromatic carbocycles. The molecule has 1 unspecified atom stereocenters. The number of hydrogen-bond acceptors (Lipinski definition) is 7. The summed E-state index contributed by atoms with van der Waals surface area (Å²) in [6.07, 6.45) is 3.12. The zero-order valence-corrected chi connectivity index (χ0v) is 28.6. The summed E-state index contributed by atoms with van der Waals surface area (Å²) >= 11 is 0. The van der Waals surface area contributed by atoms with Crippen molar-refractivity contribution in [3.8, 4) is 5.75 Å². The Hall–Kier alpha value is -4.62. The third-order valence-corrected chi connectivity index (χ3v) is 7.88. The van der Waals surface area contributed by atoms with Crippen molar-refractivity contribution in [3.05, 3.63) is 70.3 Å². The Morgan fingerprint density at radius 2 is 1.90 bits per heavy atom. The second-order valence-corrected chi connectivity index (χ2v) is 12.3. The van der Waals surface area contributed by atoms with E-state index < -0.39 is 18.2 Å². The molecule has 0 aliphatic carbocycles.